The van der Waals surface area contributed by atoms with Crippen LogP contribution in [0.1, 0.15) is 6.42 Å². The van der Waals surface area contributed by atoms with E-state index in [-0.39, 0.29) is 18.4 Å². The minimum atomic E-state index is -3.94. The Morgan fingerprint density at radius 1 is 1.47 bits per heavy atom. The van der Waals surface area contributed by atoms with Gasteiger partial charge in [0, 0.05) is 12.7 Å². The maximum Gasteiger partial charge on any atom is 0.349 e. The molecule has 0 saturated heterocycles. The molecular formula is C9H14N3O4P. The molecular weight excluding hydrogens is 245 g/mol. The van der Waals surface area contributed by atoms with Gasteiger partial charge in [-0.2, -0.15) is 4.98 Å². The van der Waals surface area contributed by atoms with E-state index in [1.54, 1.807) is 12.2 Å². The molecule has 7 nitrogen and oxygen atoms in total. The maximum atomic E-state index is 11.3. The minimum absolute atomic E-state index is 0.164. The summed E-state index contributed by atoms with van der Waals surface area (Å²) in [5.41, 5.74) is 4.87. The summed E-state index contributed by atoms with van der Waals surface area (Å²) < 4.78 is 11.9. The van der Waals surface area contributed by atoms with Gasteiger partial charge in [0.1, 0.15) is 5.82 Å². The Labute approximate surface area is 97.8 Å². The van der Waals surface area contributed by atoms with Crippen molar-refractivity contribution in [2.75, 3.05) is 11.9 Å². The van der Waals surface area contributed by atoms with E-state index in [4.69, 9.17) is 15.5 Å². The molecule has 0 aliphatic rings. The predicted octanol–water partition coefficient (Wildman–Crippen LogP) is -0.0505. The predicted molar refractivity (Wildman–Crippen MR) is 63.6 cm³/mol. The molecule has 0 saturated carbocycles. The maximum absolute atomic E-state index is 11.3. The van der Waals surface area contributed by atoms with Crippen LogP contribution in [0.15, 0.2) is 29.2 Å². The molecule has 0 spiro atoms. The van der Waals surface area contributed by atoms with E-state index in [1.165, 1.54) is 16.8 Å². The quantitative estimate of drug-likeness (QED) is 0.504. The van der Waals surface area contributed by atoms with Crippen LogP contribution >= 0.6 is 7.60 Å². The molecule has 0 aliphatic heterocycles. The van der Waals surface area contributed by atoms with Crippen LogP contribution in [0, 0.1) is 0 Å². The fraction of sp³-hybridized carbons (Fsp3) is 0.333. The SMILES string of the molecule is Nc1ccn(C/C=C/CCP(=O)(O)O)c(=O)n1. The van der Waals surface area contributed by atoms with E-state index < -0.39 is 13.3 Å². The number of hydrogen-bond donors (Lipinski definition) is 3. The van der Waals surface area contributed by atoms with Gasteiger partial charge < -0.3 is 15.5 Å². The van der Waals surface area contributed by atoms with Crippen LogP contribution in [0.25, 0.3) is 0 Å². The lowest BCUT2D eigenvalue weighted by molar-refractivity contribution is 0.373. The summed E-state index contributed by atoms with van der Waals surface area (Å²) >= 11 is 0. The number of allylic oxidation sites excluding steroid dienone is 2. The first-order valence-corrected chi connectivity index (χ1v) is 6.71. The van der Waals surface area contributed by atoms with Crippen LogP contribution in [0.3, 0.4) is 0 Å². The van der Waals surface area contributed by atoms with Crippen LogP contribution in [0.5, 0.6) is 0 Å². The van der Waals surface area contributed by atoms with E-state index in [2.05, 4.69) is 4.98 Å². The second kappa shape index (κ2) is 5.77. The molecule has 8 heteroatoms. The Balaban J connectivity index is 2.48. The molecule has 0 radical (unpaired) electrons. The van der Waals surface area contributed by atoms with Crippen molar-refractivity contribution in [1.82, 2.24) is 9.55 Å². The molecule has 0 atom stereocenters. The highest BCUT2D eigenvalue weighted by atomic mass is 31.2. The van der Waals surface area contributed by atoms with E-state index in [1.807, 2.05) is 0 Å². The van der Waals surface area contributed by atoms with Crippen LogP contribution in [-0.2, 0) is 11.1 Å². The Morgan fingerprint density at radius 2 is 2.18 bits per heavy atom. The van der Waals surface area contributed by atoms with Gasteiger partial charge >= 0.3 is 13.3 Å². The number of nitrogens with two attached hydrogens (primary N) is 1. The molecule has 94 valence electrons. The van der Waals surface area contributed by atoms with E-state index >= 15 is 0 Å². The Bertz CT molecular complexity index is 505. The number of hydrogen-bond acceptors (Lipinski definition) is 4. The van der Waals surface area contributed by atoms with Gasteiger partial charge in [0.15, 0.2) is 0 Å². The first-order chi connectivity index (χ1) is 7.88. The summed E-state index contributed by atoms with van der Waals surface area (Å²) in [7, 11) is -3.94. The lowest BCUT2D eigenvalue weighted by atomic mass is 10.4. The summed E-state index contributed by atoms with van der Waals surface area (Å²) in [4.78, 5) is 32.0. The monoisotopic (exact) mass is 259 g/mol. The first kappa shape index (κ1) is 13.6. The normalized spacial score (nSPS) is 12.1. The van der Waals surface area contributed by atoms with Crippen LogP contribution in [0.2, 0.25) is 0 Å². The average molecular weight is 259 g/mol. The standard InChI is InChI=1S/C9H14N3O4P/c10-8-4-6-12(9(13)11-8)5-2-1-3-7-17(14,15)16/h1-2,4,6H,3,5,7H2,(H2,10,11,13)(H2,14,15,16)/b2-1+. The summed E-state index contributed by atoms with van der Waals surface area (Å²) in [6, 6.07) is 1.50. The average Bonchev–Trinajstić information content (AvgIpc) is 2.18. The van der Waals surface area contributed by atoms with E-state index in [0.29, 0.717) is 6.54 Å². The third-order valence-electron chi connectivity index (χ3n) is 1.95. The minimum Gasteiger partial charge on any atom is -0.383 e. The van der Waals surface area contributed by atoms with Gasteiger partial charge in [-0.25, -0.2) is 4.79 Å². The van der Waals surface area contributed by atoms with Crippen molar-refractivity contribution < 1.29 is 14.4 Å². The lowest BCUT2D eigenvalue weighted by Crippen LogP contribution is -2.22. The number of aromatic nitrogens is 2. The van der Waals surface area contributed by atoms with Gasteiger partial charge in [-0.3, -0.25) is 9.13 Å². The third-order valence-corrected chi connectivity index (χ3v) is 2.79. The topological polar surface area (TPSA) is 118 Å². The number of anilines is 1. The van der Waals surface area contributed by atoms with Crippen molar-refractivity contribution in [3.63, 3.8) is 0 Å². The summed E-state index contributed by atoms with van der Waals surface area (Å²) in [5, 5.41) is 0. The Hall–Kier alpha value is -1.43. The molecule has 0 amide bonds. The lowest BCUT2D eigenvalue weighted by Gasteiger charge is -2.01. The molecule has 0 aliphatic carbocycles. The fourth-order valence-corrected chi connectivity index (χ4v) is 1.62. The number of nitrogens with zero attached hydrogens (tertiary/aromatic N) is 2. The smallest absolute Gasteiger partial charge is 0.349 e. The van der Waals surface area contributed by atoms with Gasteiger partial charge in [-0.15, -0.1) is 0 Å². The zero-order chi connectivity index (χ0) is 12.9. The van der Waals surface area contributed by atoms with Crippen molar-refractivity contribution in [2.24, 2.45) is 0 Å². The van der Waals surface area contributed by atoms with Crippen LogP contribution in [-0.4, -0.2) is 25.5 Å². The molecule has 1 aromatic heterocycles. The highest BCUT2D eigenvalue weighted by Gasteiger charge is 2.09. The number of nitrogen functional groups attached to an aromatic ring is 1. The van der Waals surface area contributed by atoms with Crippen molar-refractivity contribution in [3.8, 4) is 0 Å². The van der Waals surface area contributed by atoms with Gasteiger partial charge in [0.25, 0.3) is 0 Å². The van der Waals surface area contributed by atoms with Crippen molar-refractivity contribution in [3.05, 3.63) is 34.9 Å². The zero-order valence-electron chi connectivity index (χ0n) is 9.06. The second-order valence-electron chi connectivity index (χ2n) is 3.44. The second-order valence-corrected chi connectivity index (χ2v) is 5.21. The Morgan fingerprint density at radius 3 is 2.76 bits per heavy atom. The van der Waals surface area contributed by atoms with Crippen molar-refractivity contribution >= 4 is 13.4 Å². The molecule has 0 bridgehead atoms. The van der Waals surface area contributed by atoms with Gasteiger partial charge in [-0.05, 0) is 12.5 Å². The molecule has 1 rings (SSSR count). The molecule has 1 aromatic rings. The van der Waals surface area contributed by atoms with Gasteiger partial charge in [-0.1, -0.05) is 12.2 Å². The van der Waals surface area contributed by atoms with E-state index in [0.717, 1.165) is 0 Å². The molecule has 1 heterocycles. The van der Waals surface area contributed by atoms with E-state index in [9.17, 15) is 9.36 Å². The van der Waals surface area contributed by atoms with Gasteiger partial charge in [0.05, 0.1) is 6.16 Å². The molecule has 4 N–H and O–H groups in total. The summed E-state index contributed by atoms with van der Waals surface area (Å²) in [6.45, 7) is 0.299. The first-order valence-electron chi connectivity index (χ1n) is 4.91. The zero-order valence-corrected chi connectivity index (χ0v) is 9.96. The van der Waals surface area contributed by atoms with Crippen LogP contribution < -0.4 is 11.4 Å². The highest BCUT2D eigenvalue weighted by molar-refractivity contribution is 7.51. The fourth-order valence-electron chi connectivity index (χ4n) is 1.13. The summed E-state index contributed by atoms with van der Waals surface area (Å²) in [5.74, 6) is 0.164. The number of rotatable bonds is 5. The largest absolute Gasteiger partial charge is 0.383 e. The van der Waals surface area contributed by atoms with Crippen LogP contribution in [0.4, 0.5) is 5.82 Å². The molecule has 0 aromatic carbocycles. The highest BCUT2D eigenvalue weighted by Crippen LogP contribution is 2.34. The summed E-state index contributed by atoms with van der Waals surface area (Å²) in [6.07, 6.45) is 4.84. The van der Waals surface area contributed by atoms with Crippen molar-refractivity contribution in [1.29, 1.82) is 0 Å². The van der Waals surface area contributed by atoms with Gasteiger partial charge in [0.2, 0.25) is 0 Å². The molecule has 0 fully saturated rings. The molecule has 17 heavy (non-hydrogen) atoms. The van der Waals surface area contributed by atoms with Crippen molar-refractivity contribution in [2.45, 2.75) is 13.0 Å². The Kier molecular flexibility index (Phi) is 4.62. The third kappa shape index (κ3) is 5.44. The molecule has 0 unspecified atom stereocenters.